The second kappa shape index (κ2) is 12.6. The maximum atomic E-state index is 15.2. The van der Waals surface area contributed by atoms with Crippen LogP contribution in [-0.2, 0) is 19.3 Å². The Morgan fingerprint density at radius 3 is 1.42 bits per heavy atom. The first-order valence-corrected chi connectivity index (χ1v) is 14.0. The molecular weight excluding hydrogens is 460 g/mol. The Kier molecular flexibility index (Phi) is 10.1. The highest BCUT2D eigenvalue weighted by Gasteiger charge is 2.32. The molecule has 0 saturated carbocycles. The summed E-state index contributed by atoms with van der Waals surface area (Å²) in [6.07, 6.45) is 8.28. The first kappa shape index (κ1) is 28.7. The fraction of sp³-hybridized carbons (Fsp3) is 0.625. The van der Waals surface area contributed by atoms with Gasteiger partial charge in [-0.1, -0.05) is 85.8 Å². The van der Waals surface area contributed by atoms with E-state index in [0.29, 0.717) is 65.2 Å². The van der Waals surface area contributed by atoms with Crippen LogP contribution in [0, 0.1) is 46.9 Å². The third-order valence-electron chi connectivity index (χ3n) is 8.26. The Morgan fingerprint density at radius 1 is 0.583 bits per heavy atom. The maximum absolute atomic E-state index is 15.2. The monoisotopic (exact) mass is 504 g/mol. The first-order chi connectivity index (χ1) is 17.0. The zero-order valence-corrected chi connectivity index (χ0v) is 23.0. The molecular formula is C32H44F4. The second-order valence-electron chi connectivity index (χ2n) is 11.9. The minimum absolute atomic E-state index is 0.0932. The summed E-state index contributed by atoms with van der Waals surface area (Å²) in [6, 6.07) is 3.36. The average Bonchev–Trinajstić information content (AvgIpc) is 3.22. The van der Waals surface area contributed by atoms with Crippen molar-refractivity contribution in [3.05, 3.63) is 57.7 Å². The van der Waals surface area contributed by atoms with E-state index in [-0.39, 0.29) is 11.1 Å². The van der Waals surface area contributed by atoms with E-state index < -0.39 is 23.3 Å². The van der Waals surface area contributed by atoms with E-state index in [0.717, 1.165) is 44.9 Å². The Morgan fingerprint density at radius 2 is 1.00 bits per heavy atom. The normalized spacial score (nSPS) is 15.2. The van der Waals surface area contributed by atoms with Crippen molar-refractivity contribution in [1.29, 1.82) is 0 Å². The van der Waals surface area contributed by atoms with Gasteiger partial charge < -0.3 is 0 Å². The average molecular weight is 505 g/mol. The lowest BCUT2D eigenvalue weighted by Gasteiger charge is -2.16. The van der Waals surface area contributed by atoms with Gasteiger partial charge in [-0.2, -0.15) is 0 Å². The van der Waals surface area contributed by atoms with Gasteiger partial charge in [-0.15, -0.1) is 0 Å². The summed E-state index contributed by atoms with van der Waals surface area (Å²) >= 11 is 0. The van der Waals surface area contributed by atoms with E-state index in [2.05, 4.69) is 41.5 Å². The molecule has 3 unspecified atom stereocenters. The molecule has 0 saturated heterocycles. The number of benzene rings is 2. The summed E-state index contributed by atoms with van der Waals surface area (Å²) < 4.78 is 60.4. The minimum Gasteiger partial charge on any atom is -0.203 e. The third kappa shape index (κ3) is 6.72. The predicted molar refractivity (Wildman–Crippen MR) is 142 cm³/mol. The first-order valence-electron chi connectivity index (χ1n) is 14.0. The van der Waals surface area contributed by atoms with Crippen molar-refractivity contribution in [3.63, 3.8) is 0 Å². The molecule has 0 aromatic heterocycles. The van der Waals surface area contributed by atoms with Gasteiger partial charge in [-0.05, 0) is 78.0 Å². The molecule has 0 radical (unpaired) electrons. The molecule has 0 aliphatic heterocycles. The molecule has 1 aliphatic carbocycles. The summed E-state index contributed by atoms with van der Waals surface area (Å²) in [7, 11) is 0. The van der Waals surface area contributed by atoms with Gasteiger partial charge in [0.05, 0.1) is 0 Å². The van der Waals surface area contributed by atoms with E-state index in [1.54, 1.807) is 12.1 Å². The van der Waals surface area contributed by atoms with Gasteiger partial charge in [0.25, 0.3) is 0 Å². The van der Waals surface area contributed by atoms with Crippen LogP contribution in [0.3, 0.4) is 0 Å². The van der Waals surface area contributed by atoms with Crippen LogP contribution in [-0.4, -0.2) is 0 Å². The summed E-state index contributed by atoms with van der Waals surface area (Å²) in [5.41, 5.74) is 1.62. The summed E-state index contributed by atoms with van der Waals surface area (Å²) in [5, 5.41) is 0. The van der Waals surface area contributed by atoms with Gasteiger partial charge in [0.2, 0.25) is 0 Å². The Labute approximate surface area is 215 Å². The number of halogens is 4. The fourth-order valence-electron chi connectivity index (χ4n) is 5.35. The molecule has 3 atom stereocenters. The van der Waals surface area contributed by atoms with Gasteiger partial charge >= 0.3 is 0 Å². The van der Waals surface area contributed by atoms with Crippen LogP contribution < -0.4 is 0 Å². The van der Waals surface area contributed by atoms with Gasteiger partial charge in [0.1, 0.15) is 0 Å². The zero-order valence-electron chi connectivity index (χ0n) is 23.0. The fourth-order valence-corrected chi connectivity index (χ4v) is 5.35. The molecule has 0 N–H and O–H groups in total. The molecule has 36 heavy (non-hydrogen) atoms. The second-order valence-corrected chi connectivity index (χ2v) is 11.9. The largest absolute Gasteiger partial charge is 0.203 e. The highest BCUT2D eigenvalue weighted by atomic mass is 19.2. The summed E-state index contributed by atoms with van der Waals surface area (Å²) in [5.74, 6) is -1.79. The van der Waals surface area contributed by atoms with Crippen LogP contribution in [0.4, 0.5) is 17.6 Å². The molecule has 0 spiro atoms. The van der Waals surface area contributed by atoms with Crippen LogP contribution in [0.1, 0.15) is 109 Å². The van der Waals surface area contributed by atoms with Crippen LogP contribution in [0.15, 0.2) is 12.1 Å². The predicted octanol–water partition coefficient (Wildman–Crippen LogP) is 10.2. The van der Waals surface area contributed by atoms with Gasteiger partial charge in [-0.25, -0.2) is 17.6 Å². The van der Waals surface area contributed by atoms with Crippen LogP contribution >= 0.6 is 0 Å². The highest BCUT2D eigenvalue weighted by Crippen LogP contribution is 2.43. The van der Waals surface area contributed by atoms with E-state index in [4.69, 9.17) is 0 Å². The molecule has 2 aromatic carbocycles. The molecule has 4 heteroatoms. The van der Waals surface area contributed by atoms with Crippen LogP contribution in [0.25, 0.3) is 11.1 Å². The highest BCUT2D eigenvalue weighted by molar-refractivity contribution is 5.79. The Hall–Kier alpha value is -1.84. The smallest absolute Gasteiger partial charge is 0.167 e. The molecule has 1 aliphatic rings. The number of hydrogen-bond acceptors (Lipinski definition) is 0. The molecule has 0 fully saturated rings. The topological polar surface area (TPSA) is 0 Å². The molecule has 2 aromatic rings. The van der Waals surface area contributed by atoms with E-state index in [1.807, 2.05) is 0 Å². The maximum Gasteiger partial charge on any atom is 0.167 e. The SMILES string of the molecule is CCC(C)CCC(C)CCc1cc2c(c(F)c1F)-c1c(cc(CCC(C)CCC(C)C)c(F)c1F)C2. The van der Waals surface area contributed by atoms with Gasteiger partial charge in [0, 0.05) is 11.1 Å². The van der Waals surface area contributed by atoms with Crippen molar-refractivity contribution in [1.82, 2.24) is 0 Å². The molecule has 0 bridgehead atoms. The number of aryl methyl sites for hydroxylation is 2. The van der Waals surface area contributed by atoms with Gasteiger partial charge in [-0.3, -0.25) is 0 Å². The quantitative estimate of drug-likeness (QED) is 0.203. The Balaban J connectivity index is 1.76. The zero-order chi connectivity index (χ0) is 26.6. The third-order valence-corrected chi connectivity index (χ3v) is 8.26. The number of fused-ring (bicyclic) bond motifs is 3. The Bertz CT molecular complexity index is 1040. The van der Waals surface area contributed by atoms with E-state index in [9.17, 15) is 0 Å². The van der Waals surface area contributed by atoms with Crippen LogP contribution in [0.2, 0.25) is 0 Å². The van der Waals surface area contributed by atoms with Crippen molar-refractivity contribution >= 4 is 0 Å². The van der Waals surface area contributed by atoms with E-state index >= 15 is 17.6 Å². The lowest BCUT2D eigenvalue weighted by Crippen LogP contribution is -2.05. The molecule has 0 amide bonds. The summed E-state index contributed by atoms with van der Waals surface area (Å²) in [6.45, 7) is 13.1. The van der Waals surface area contributed by atoms with Crippen molar-refractivity contribution < 1.29 is 17.6 Å². The number of rotatable bonds is 13. The van der Waals surface area contributed by atoms with Gasteiger partial charge in [0.15, 0.2) is 23.3 Å². The number of hydrogen-bond donors (Lipinski definition) is 0. The van der Waals surface area contributed by atoms with Crippen molar-refractivity contribution in [2.45, 2.75) is 106 Å². The lowest BCUT2D eigenvalue weighted by molar-refractivity contribution is 0.403. The van der Waals surface area contributed by atoms with Crippen molar-refractivity contribution in [2.24, 2.45) is 23.7 Å². The van der Waals surface area contributed by atoms with Crippen molar-refractivity contribution in [3.8, 4) is 11.1 Å². The molecule has 0 heterocycles. The minimum atomic E-state index is -1.04. The molecule has 200 valence electrons. The molecule has 3 rings (SSSR count). The van der Waals surface area contributed by atoms with Crippen molar-refractivity contribution in [2.75, 3.05) is 0 Å². The standard InChI is InChI=1S/C32H44F4/c1-7-20(4)10-11-22(6)13-15-24-17-26-18-25-16-23(14-12-21(5)9-8-19(2)3)29(33)31(35)27(25)28(26)32(36)30(24)34/h16-17,19-22H,7-15,18H2,1-6H3. The summed E-state index contributed by atoms with van der Waals surface area (Å²) in [4.78, 5) is 0. The lowest BCUT2D eigenvalue weighted by atomic mass is 9.91. The van der Waals surface area contributed by atoms with E-state index in [1.165, 1.54) is 0 Å². The van der Waals surface area contributed by atoms with Crippen LogP contribution in [0.5, 0.6) is 0 Å². The molecule has 0 nitrogen and oxygen atoms in total.